The summed E-state index contributed by atoms with van der Waals surface area (Å²) in [5.41, 5.74) is 1.43. The number of carbonyl (C=O) groups is 2. The van der Waals surface area contributed by atoms with Crippen LogP contribution in [0.2, 0.25) is 0 Å². The maximum Gasteiger partial charge on any atom is 0.411 e. The van der Waals surface area contributed by atoms with Gasteiger partial charge in [0.2, 0.25) is 5.91 Å². The summed E-state index contributed by atoms with van der Waals surface area (Å²) in [6.07, 6.45) is 1.47. The van der Waals surface area contributed by atoms with Gasteiger partial charge < -0.3 is 14.5 Å². The molecule has 0 atom stereocenters. The Labute approximate surface area is 169 Å². The molecule has 2 N–H and O–H groups in total. The molecule has 0 bridgehead atoms. The first-order valence-corrected chi connectivity index (χ1v) is 9.92. The summed E-state index contributed by atoms with van der Waals surface area (Å²) in [5, 5.41) is 6.35. The van der Waals surface area contributed by atoms with Crippen molar-refractivity contribution >= 4 is 28.7 Å². The normalized spacial score (nSPS) is 15.2. The molecule has 2 amide bonds. The van der Waals surface area contributed by atoms with Crippen LogP contribution in [0.1, 0.15) is 32.3 Å². The third kappa shape index (κ3) is 5.80. The molecule has 1 aromatic heterocycles. The first-order chi connectivity index (χ1) is 13.9. The summed E-state index contributed by atoms with van der Waals surface area (Å²) in [6.45, 7) is 6.74. The van der Waals surface area contributed by atoms with Crippen molar-refractivity contribution < 1.29 is 18.7 Å². The first-order valence-electron chi connectivity index (χ1n) is 9.92. The molecule has 2 heterocycles. The van der Waals surface area contributed by atoms with Crippen molar-refractivity contribution in [3.05, 3.63) is 40.2 Å². The van der Waals surface area contributed by atoms with Crippen LogP contribution in [0, 0.1) is 5.92 Å². The van der Waals surface area contributed by atoms with E-state index in [9.17, 15) is 14.4 Å². The van der Waals surface area contributed by atoms with E-state index in [1.54, 1.807) is 19.1 Å². The van der Waals surface area contributed by atoms with Gasteiger partial charge in [-0.3, -0.25) is 15.0 Å². The summed E-state index contributed by atoms with van der Waals surface area (Å²) in [6, 6.07) is 6.78. The highest BCUT2D eigenvalue weighted by Crippen LogP contribution is 2.24. The molecule has 0 saturated carbocycles. The molecule has 0 radical (unpaired) electrons. The summed E-state index contributed by atoms with van der Waals surface area (Å²) >= 11 is 0. The number of hydrogen-bond donors (Lipinski definition) is 2. The van der Waals surface area contributed by atoms with E-state index in [1.807, 2.05) is 6.07 Å². The van der Waals surface area contributed by atoms with E-state index in [1.165, 1.54) is 13.0 Å². The Morgan fingerprint density at radius 3 is 2.69 bits per heavy atom. The minimum absolute atomic E-state index is 0.00623. The highest BCUT2D eigenvalue weighted by molar-refractivity contribution is 5.89. The molecule has 0 aliphatic carbocycles. The Hall–Kier alpha value is -2.87. The molecule has 1 aliphatic heterocycles. The van der Waals surface area contributed by atoms with Crippen LogP contribution >= 0.6 is 0 Å². The lowest BCUT2D eigenvalue weighted by molar-refractivity contribution is -0.119. The van der Waals surface area contributed by atoms with E-state index in [2.05, 4.69) is 15.5 Å². The number of carbonyl (C=O) groups excluding carboxylic acids is 2. The summed E-state index contributed by atoms with van der Waals surface area (Å²) in [4.78, 5) is 37.0. The minimum atomic E-state index is -0.549. The van der Waals surface area contributed by atoms with Crippen molar-refractivity contribution in [3.63, 3.8) is 0 Å². The number of nitrogens with one attached hydrogen (secondary N) is 2. The summed E-state index contributed by atoms with van der Waals surface area (Å²) in [5.74, 6) is 0.496. The highest BCUT2D eigenvalue weighted by Gasteiger charge is 2.20. The van der Waals surface area contributed by atoms with Crippen molar-refractivity contribution in [2.45, 2.75) is 33.2 Å². The average molecular weight is 401 g/mol. The minimum Gasteiger partial charge on any atom is -0.450 e. The number of amides is 2. The van der Waals surface area contributed by atoms with Crippen LogP contribution in [0.5, 0.6) is 0 Å². The molecule has 2 aromatic rings. The van der Waals surface area contributed by atoms with Crippen LogP contribution in [0.25, 0.3) is 11.0 Å². The first kappa shape index (κ1) is 20.9. The molecular weight excluding hydrogens is 374 g/mol. The molecule has 1 aromatic carbocycles. The van der Waals surface area contributed by atoms with E-state index < -0.39 is 11.7 Å². The molecule has 1 saturated heterocycles. The van der Waals surface area contributed by atoms with Crippen LogP contribution < -0.4 is 16.3 Å². The molecule has 1 aliphatic rings. The second-order valence-corrected chi connectivity index (χ2v) is 7.30. The van der Waals surface area contributed by atoms with Gasteiger partial charge in [-0.2, -0.15) is 0 Å². The van der Waals surface area contributed by atoms with Gasteiger partial charge in [0.05, 0.1) is 6.61 Å². The van der Waals surface area contributed by atoms with E-state index in [4.69, 9.17) is 9.15 Å². The zero-order valence-corrected chi connectivity index (χ0v) is 16.8. The molecule has 0 spiro atoms. The van der Waals surface area contributed by atoms with Crippen molar-refractivity contribution in [1.29, 1.82) is 0 Å². The van der Waals surface area contributed by atoms with E-state index >= 15 is 0 Å². The number of likely N-dealkylation sites (tertiary alicyclic amines) is 1. The molecule has 8 heteroatoms. The zero-order chi connectivity index (χ0) is 20.8. The number of hydrogen-bond acceptors (Lipinski definition) is 6. The highest BCUT2D eigenvalue weighted by atomic mass is 16.5. The largest absolute Gasteiger partial charge is 0.450 e. The van der Waals surface area contributed by atoms with Crippen molar-refractivity contribution in [2.75, 3.05) is 31.6 Å². The predicted molar refractivity (Wildman–Crippen MR) is 110 cm³/mol. The van der Waals surface area contributed by atoms with Gasteiger partial charge in [-0.25, -0.2) is 9.59 Å². The van der Waals surface area contributed by atoms with Gasteiger partial charge in [0, 0.05) is 43.2 Å². The number of fused-ring (bicyclic) bond motifs is 1. The van der Waals surface area contributed by atoms with Gasteiger partial charge >= 0.3 is 11.7 Å². The lowest BCUT2D eigenvalue weighted by Crippen LogP contribution is -2.37. The topological polar surface area (TPSA) is 101 Å². The Kier molecular flexibility index (Phi) is 6.87. The smallest absolute Gasteiger partial charge is 0.411 e. The molecule has 29 heavy (non-hydrogen) atoms. The van der Waals surface area contributed by atoms with Crippen LogP contribution in [-0.4, -0.2) is 43.1 Å². The molecule has 0 unspecified atom stereocenters. The van der Waals surface area contributed by atoms with E-state index in [0.29, 0.717) is 23.7 Å². The number of ether oxygens (including phenoxy) is 1. The Bertz CT molecular complexity index is 932. The van der Waals surface area contributed by atoms with Gasteiger partial charge in [-0.1, -0.05) is 0 Å². The van der Waals surface area contributed by atoms with Gasteiger partial charge in [0.15, 0.2) is 0 Å². The Balaban J connectivity index is 1.69. The fourth-order valence-corrected chi connectivity index (χ4v) is 3.60. The van der Waals surface area contributed by atoms with Gasteiger partial charge in [0.25, 0.3) is 0 Å². The molecular formula is C21H27N3O5. The van der Waals surface area contributed by atoms with Gasteiger partial charge in [-0.15, -0.1) is 0 Å². The quantitative estimate of drug-likeness (QED) is 0.722. The molecule has 1 fully saturated rings. The number of benzene rings is 1. The lowest BCUT2D eigenvalue weighted by atomic mass is 9.96. The summed E-state index contributed by atoms with van der Waals surface area (Å²) < 4.78 is 10.2. The standard InChI is InChI=1S/C21H27N3O5/c1-3-28-21(27)23-17-4-5-18-16(10-20(26)29-19(18)11-17)13-24-8-6-15(7-9-24)12-22-14(2)25/h4-5,10-11,15H,3,6-9,12-13H2,1-2H3,(H,22,25)(H,23,27). The fraction of sp³-hybridized carbons (Fsp3) is 0.476. The predicted octanol–water partition coefficient (Wildman–Crippen LogP) is 2.71. The second-order valence-electron chi connectivity index (χ2n) is 7.30. The summed E-state index contributed by atoms with van der Waals surface area (Å²) in [7, 11) is 0. The Morgan fingerprint density at radius 2 is 2.00 bits per heavy atom. The maximum atomic E-state index is 12.0. The van der Waals surface area contributed by atoms with E-state index in [-0.39, 0.29) is 12.5 Å². The molecule has 3 rings (SSSR count). The van der Waals surface area contributed by atoms with Gasteiger partial charge in [-0.05, 0) is 56.5 Å². The second kappa shape index (κ2) is 9.56. The molecule has 8 nitrogen and oxygen atoms in total. The monoisotopic (exact) mass is 401 g/mol. The Morgan fingerprint density at radius 1 is 1.24 bits per heavy atom. The van der Waals surface area contributed by atoms with Crippen molar-refractivity contribution in [2.24, 2.45) is 5.92 Å². The van der Waals surface area contributed by atoms with Crippen LogP contribution in [0.3, 0.4) is 0 Å². The third-order valence-electron chi connectivity index (χ3n) is 5.09. The van der Waals surface area contributed by atoms with Crippen molar-refractivity contribution in [1.82, 2.24) is 10.2 Å². The number of anilines is 1. The number of nitrogens with zero attached hydrogens (tertiary/aromatic N) is 1. The molecule has 156 valence electrons. The number of rotatable bonds is 6. The van der Waals surface area contributed by atoms with Crippen LogP contribution in [0.15, 0.2) is 33.5 Å². The zero-order valence-electron chi connectivity index (χ0n) is 16.8. The lowest BCUT2D eigenvalue weighted by Gasteiger charge is -2.32. The fourth-order valence-electron chi connectivity index (χ4n) is 3.60. The average Bonchev–Trinajstić information content (AvgIpc) is 2.67. The van der Waals surface area contributed by atoms with Crippen LogP contribution in [-0.2, 0) is 16.1 Å². The maximum absolute atomic E-state index is 12.0. The SMILES string of the molecule is CCOC(=O)Nc1ccc2c(CN3CCC(CNC(C)=O)CC3)cc(=O)oc2c1. The third-order valence-corrected chi connectivity index (χ3v) is 5.09. The van der Waals surface area contributed by atoms with Crippen LogP contribution in [0.4, 0.5) is 10.5 Å². The number of piperidine rings is 1. The van der Waals surface area contributed by atoms with Gasteiger partial charge in [0.1, 0.15) is 5.58 Å². The van der Waals surface area contributed by atoms with Crippen molar-refractivity contribution in [3.8, 4) is 0 Å². The van der Waals surface area contributed by atoms with E-state index in [0.717, 1.165) is 43.4 Å².